The lowest BCUT2D eigenvalue weighted by atomic mass is 10.1. The number of allylic oxidation sites excluding steroid dienone is 1. The highest BCUT2D eigenvalue weighted by atomic mass is 16.6. The molecular formula is C13H10O4. The molecule has 0 saturated carbocycles. The van der Waals surface area contributed by atoms with Crippen LogP contribution in [0.5, 0.6) is 0 Å². The number of rotatable bonds is 3. The maximum Gasteiger partial charge on any atom is 0.374 e. The lowest BCUT2D eigenvalue weighted by Gasteiger charge is -1.94. The summed E-state index contributed by atoms with van der Waals surface area (Å²) < 4.78 is 4.53. The third kappa shape index (κ3) is 2.42. The van der Waals surface area contributed by atoms with Gasteiger partial charge in [0.05, 0.1) is 5.57 Å². The molecule has 4 heteroatoms. The Labute approximate surface area is 97.8 Å². The minimum atomic E-state index is -0.846. The van der Waals surface area contributed by atoms with Crippen molar-refractivity contribution in [3.8, 4) is 0 Å². The number of hydrogen-bond donors (Lipinski definition) is 1. The third-order valence-electron chi connectivity index (χ3n) is 2.35. The van der Waals surface area contributed by atoms with E-state index in [9.17, 15) is 14.7 Å². The highest BCUT2D eigenvalue weighted by Crippen LogP contribution is 2.15. The van der Waals surface area contributed by atoms with Gasteiger partial charge in [-0.15, -0.1) is 0 Å². The summed E-state index contributed by atoms with van der Waals surface area (Å²) in [5.74, 6) is -1.86. The average Bonchev–Trinajstić information content (AvgIpc) is 2.69. The van der Waals surface area contributed by atoms with Crippen molar-refractivity contribution in [3.63, 3.8) is 0 Å². The fourth-order valence-corrected chi connectivity index (χ4v) is 1.42. The molecule has 0 unspecified atom stereocenters. The van der Waals surface area contributed by atoms with E-state index in [0.29, 0.717) is 0 Å². The molecule has 1 heterocycles. The van der Waals surface area contributed by atoms with E-state index in [2.05, 4.69) is 4.74 Å². The molecular weight excluding hydrogens is 220 g/mol. The summed E-state index contributed by atoms with van der Waals surface area (Å²) in [6, 6.07) is 9.26. The predicted molar refractivity (Wildman–Crippen MR) is 61.1 cm³/mol. The second-order valence-electron chi connectivity index (χ2n) is 3.51. The molecule has 0 aliphatic carbocycles. The highest BCUT2D eigenvalue weighted by Gasteiger charge is 2.27. The molecule has 17 heavy (non-hydrogen) atoms. The molecule has 1 N–H and O–H groups in total. The number of aliphatic hydroxyl groups is 1. The second kappa shape index (κ2) is 4.65. The molecule has 0 fully saturated rings. The van der Waals surface area contributed by atoms with Gasteiger partial charge >= 0.3 is 5.97 Å². The number of hydrogen-bond acceptors (Lipinski definition) is 4. The average molecular weight is 230 g/mol. The van der Waals surface area contributed by atoms with Gasteiger partial charge in [0, 0.05) is 0 Å². The van der Waals surface area contributed by atoms with E-state index in [0.717, 1.165) is 5.56 Å². The molecule has 4 nitrogen and oxygen atoms in total. The Morgan fingerprint density at radius 3 is 2.59 bits per heavy atom. The highest BCUT2D eigenvalue weighted by molar-refractivity contribution is 6.12. The van der Waals surface area contributed by atoms with Gasteiger partial charge < -0.3 is 9.84 Å². The summed E-state index contributed by atoms with van der Waals surface area (Å²) >= 11 is 0. The first-order valence-corrected chi connectivity index (χ1v) is 5.05. The molecule has 0 saturated heterocycles. The maximum absolute atomic E-state index is 11.6. The predicted octanol–water partition coefficient (Wildman–Crippen LogP) is 1.64. The molecule has 0 bridgehead atoms. The first-order valence-electron chi connectivity index (χ1n) is 5.05. The maximum atomic E-state index is 11.6. The van der Waals surface area contributed by atoms with Crippen molar-refractivity contribution in [3.05, 3.63) is 53.3 Å². The Morgan fingerprint density at radius 2 is 2.00 bits per heavy atom. The summed E-state index contributed by atoms with van der Waals surface area (Å²) in [7, 11) is 0. The van der Waals surface area contributed by atoms with Crippen LogP contribution >= 0.6 is 0 Å². The van der Waals surface area contributed by atoms with Crippen LogP contribution in [0.2, 0.25) is 0 Å². The molecule has 0 atom stereocenters. The molecule has 1 aliphatic rings. The molecule has 0 spiro atoms. The Hall–Kier alpha value is -2.36. The van der Waals surface area contributed by atoms with Gasteiger partial charge in [0.25, 0.3) is 0 Å². The molecule has 2 rings (SSSR count). The summed E-state index contributed by atoms with van der Waals surface area (Å²) in [5.41, 5.74) is 0.869. The first kappa shape index (κ1) is 11.1. The Kier molecular flexibility index (Phi) is 3.05. The minimum absolute atomic E-state index is 0.00202. The van der Waals surface area contributed by atoms with E-state index >= 15 is 0 Å². The minimum Gasteiger partial charge on any atom is -0.501 e. The van der Waals surface area contributed by atoms with Crippen molar-refractivity contribution in [2.45, 2.75) is 0 Å². The number of aliphatic hydroxyl groups excluding tert-OH is 1. The van der Waals surface area contributed by atoms with E-state index < -0.39 is 17.5 Å². The van der Waals surface area contributed by atoms with Crippen molar-refractivity contribution < 1.29 is 19.4 Å². The van der Waals surface area contributed by atoms with Gasteiger partial charge in [-0.25, -0.2) is 4.79 Å². The zero-order valence-corrected chi connectivity index (χ0v) is 8.92. The molecule has 1 aromatic carbocycles. The smallest absolute Gasteiger partial charge is 0.374 e. The van der Waals surface area contributed by atoms with Crippen molar-refractivity contribution >= 4 is 17.8 Å². The number of esters is 1. The number of benzene rings is 1. The molecule has 86 valence electrons. The van der Waals surface area contributed by atoms with E-state index in [1.165, 1.54) is 6.08 Å². The van der Waals surface area contributed by atoms with Crippen molar-refractivity contribution in [2.24, 2.45) is 0 Å². The summed E-state index contributed by atoms with van der Waals surface area (Å²) in [4.78, 5) is 22.5. The van der Waals surface area contributed by atoms with Gasteiger partial charge in [0.1, 0.15) is 6.61 Å². The van der Waals surface area contributed by atoms with E-state index in [1.54, 1.807) is 6.08 Å². The Morgan fingerprint density at radius 1 is 1.29 bits per heavy atom. The molecule has 0 aromatic heterocycles. The summed E-state index contributed by atoms with van der Waals surface area (Å²) in [6.45, 7) is -0.164. The number of carbonyl (C=O) groups is 2. The topological polar surface area (TPSA) is 63.6 Å². The van der Waals surface area contributed by atoms with Crippen LogP contribution in [0.1, 0.15) is 5.56 Å². The fourth-order valence-electron chi connectivity index (χ4n) is 1.42. The molecule has 1 aliphatic heterocycles. The van der Waals surface area contributed by atoms with Crippen LogP contribution in [0.15, 0.2) is 47.7 Å². The third-order valence-corrected chi connectivity index (χ3v) is 2.35. The first-order chi connectivity index (χ1) is 8.18. The van der Waals surface area contributed by atoms with E-state index in [4.69, 9.17) is 0 Å². The van der Waals surface area contributed by atoms with Crippen LogP contribution in [0.25, 0.3) is 6.08 Å². The van der Waals surface area contributed by atoms with Crippen LogP contribution in [0.3, 0.4) is 0 Å². The van der Waals surface area contributed by atoms with Gasteiger partial charge in [-0.1, -0.05) is 36.4 Å². The second-order valence-corrected chi connectivity index (χ2v) is 3.51. The van der Waals surface area contributed by atoms with Crippen LogP contribution in [-0.4, -0.2) is 23.5 Å². The zero-order chi connectivity index (χ0) is 12.3. The zero-order valence-electron chi connectivity index (χ0n) is 8.92. The summed E-state index contributed by atoms with van der Waals surface area (Å²) in [5, 5.41) is 9.28. The van der Waals surface area contributed by atoms with Gasteiger partial charge in [0.2, 0.25) is 5.76 Å². The SMILES string of the molecule is O=C(/C=C/c1ccccc1)C1=C(O)C(=O)OC1. The van der Waals surface area contributed by atoms with Gasteiger partial charge in [-0.05, 0) is 11.6 Å². The van der Waals surface area contributed by atoms with Crippen LogP contribution in [0.4, 0.5) is 0 Å². The largest absolute Gasteiger partial charge is 0.501 e. The number of carbonyl (C=O) groups excluding carboxylic acids is 2. The van der Waals surface area contributed by atoms with Gasteiger partial charge in [-0.3, -0.25) is 4.79 Å². The Balaban J connectivity index is 2.13. The van der Waals surface area contributed by atoms with Crippen molar-refractivity contribution in [1.29, 1.82) is 0 Å². The van der Waals surface area contributed by atoms with E-state index in [1.807, 2.05) is 30.3 Å². The normalized spacial score (nSPS) is 15.4. The van der Waals surface area contributed by atoms with Crippen molar-refractivity contribution in [2.75, 3.05) is 6.61 Å². The quantitative estimate of drug-likeness (QED) is 0.633. The lowest BCUT2D eigenvalue weighted by molar-refractivity contribution is -0.138. The molecule has 0 radical (unpaired) electrons. The van der Waals surface area contributed by atoms with Gasteiger partial charge in [-0.2, -0.15) is 0 Å². The van der Waals surface area contributed by atoms with Crippen molar-refractivity contribution in [1.82, 2.24) is 0 Å². The van der Waals surface area contributed by atoms with E-state index in [-0.39, 0.29) is 12.2 Å². The monoisotopic (exact) mass is 230 g/mol. The number of ketones is 1. The number of cyclic esters (lactones) is 1. The standard InChI is InChI=1S/C13H10O4/c14-11(10-8-17-13(16)12(10)15)7-6-9-4-2-1-3-5-9/h1-7,15H,8H2/b7-6+. The van der Waals surface area contributed by atoms with Crippen LogP contribution in [0, 0.1) is 0 Å². The lowest BCUT2D eigenvalue weighted by Crippen LogP contribution is -2.02. The van der Waals surface area contributed by atoms with Gasteiger partial charge in [0.15, 0.2) is 5.78 Å². The molecule has 1 aromatic rings. The fraction of sp³-hybridized carbons (Fsp3) is 0.0769. The van der Waals surface area contributed by atoms with Crippen LogP contribution in [-0.2, 0) is 14.3 Å². The summed E-state index contributed by atoms with van der Waals surface area (Å²) in [6.07, 6.45) is 2.92. The Bertz CT molecular complexity index is 511. The van der Waals surface area contributed by atoms with Crippen LogP contribution < -0.4 is 0 Å². The number of ether oxygens (including phenoxy) is 1. The molecule has 0 amide bonds.